The van der Waals surface area contributed by atoms with Gasteiger partial charge in [-0.2, -0.15) is 5.10 Å². The third kappa shape index (κ3) is 4.44. The van der Waals surface area contributed by atoms with Gasteiger partial charge in [0.1, 0.15) is 0 Å². The van der Waals surface area contributed by atoms with E-state index in [0.717, 1.165) is 34.4 Å². The number of aryl methyl sites for hydroxylation is 2. The SMILES string of the molecule is CCc1cc2cccc(C#Cc3cnn(C)c3)c2c(=O)n1CCSN(C)C. The van der Waals surface area contributed by atoms with Crippen molar-refractivity contribution < 1.29 is 0 Å². The lowest BCUT2D eigenvalue weighted by Crippen LogP contribution is -2.25. The minimum absolute atomic E-state index is 0.0415. The molecular formula is C21H24N4OS. The summed E-state index contributed by atoms with van der Waals surface area (Å²) in [6.07, 6.45) is 4.41. The third-order valence-electron chi connectivity index (χ3n) is 4.30. The molecule has 27 heavy (non-hydrogen) atoms. The van der Waals surface area contributed by atoms with E-state index in [0.29, 0.717) is 11.9 Å². The summed E-state index contributed by atoms with van der Waals surface area (Å²) >= 11 is 1.71. The van der Waals surface area contributed by atoms with Crippen molar-refractivity contribution >= 4 is 22.7 Å². The van der Waals surface area contributed by atoms with Crippen molar-refractivity contribution in [3.63, 3.8) is 0 Å². The molecular weight excluding hydrogens is 356 g/mol. The number of aromatic nitrogens is 3. The minimum atomic E-state index is 0.0415. The number of benzene rings is 1. The molecule has 0 atom stereocenters. The van der Waals surface area contributed by atoms with Gasteiger partial charge in [-0.05, 0) is 38.0 Å². The molecule has 2 aromatic heterocycles. The zero-order valence-electron chi connectivity index (χ0n) is 16.2. The molecule has 0 aliphatic heterocycles. The van der Waals surface area contributed by atoms with E-state index >= 15 is 0 Å². The maximum atomic E-state index is 13.3. The van der Waals surface area contributed by atoms with Crippen LogP contribution in [0.3, 0.4) is 0 Å². The van der Waals surface area contributed by atoms with Crippen LogP contribution in [-0.4, -0.2) is 38.5 Å². The van der Waals surface area contributed by atoms with E-state index < -0.39 is 0 Å². The molecule has 0 unspecified atom stereocenters. The number of hydrogen-bond acceptors (Lipinski definition) is 4. The van der Waals surface area contributed by atoms with Crippen LogP contribution in [0, 0.1) is 11.8 Å². The Morgan fingerprint density at radius 3 is 2.74 bits per heavy atom. The maximum absolute atomic E-state index is 13.3. The van der Waals surface area contributed by atoms with E-state index in [1.54, 1.807) is 22.8 Å². The molecule has 140 valence electrons. The Hall–Kier alpha value is -2.49. The Morgan fingerprint density at radius 1 is 1.26 bits per heavy atom. The average molecular weight is 381 g/mol. The summed E-state index contributed by atoms with van der Waals surface area (Å²) < 4.78 is 5.67. The van der Waals surface area contributed by atoms with Crippen molar-refractivity contribution in [2.45, 2.75) is 19.9 Å². The van der Waals surface area contributed by atoms with E-state index in [4.69, 9.17) is 0 Å². The van der Waals surface area contributed by atoms with Gasteiger partial charge in [0.05, 0.1) is 17.1 Å². The summed E-state index contributed by atoms with van der Waals surface area (Å²) in [6.45, 7) is 2.77. The second-order valence-electron chi connectivity index (χ2n) is 6.51. The Labute approximate surface area is 164 Å². The molecule has 0 spiro atoms. The molecule has 0 amide bonds. The summed E-state index contributed by atoms with van der Waals surface area (Å²) in [5.41, 5.74) is 2.70. The summed E-state index contributed by atoms with van der Waals surface area (Å²) in [6, 6.07) is 7.98. The lowest BCUT2D eigenvalue weighted by atomic mass is 10.0. The van der Waals surface area contributed by atoms with Crippen LogP contribution in [0.15, 0.2) is 41.5 Å². The first kappa shape index (κ1) is 19.3. The van der Waals surface area contributed by atoms with Gasteiger partial charge in [-0.1, -0.05) is 42.8 Å². The van der Waals surface area contributed by atoms with Gasteiger partial charge < -0.3 is 4.57 Å². The molecule has 0 saturated carbocycles. The molecule has 3 aromatic rings. The molecule has 0 N–H and O–H groups in total. The summed E-state index contributed by atoms with van der Waals surface area (Å²) in [4.78, 5) is 13.3. The first-order valence-electron chi connectivity index (χ1n) is 8.96. The summed E-state index contributed by atoms with van der Waals surface area (Å²) in [5.74, 6) is 7.14. The van der Waals surface area contributed by atoms with Crippen molar-refractivity contribution in [2.75, 3.05) is 19.8 Å². The van der Waals surface area contributed by atoms with Crippen molar-refractivity contribution in [2.24, 2.45) is 7.05 Å². The first-order valence-corrected chi connectivity index (χ1v) is 9.90. The average Bonchev–Trinajstić information content (AvgIpc) is 3.06. The fourth-order valence-corrected chi connectivity index (χ4v) is 3.66. The number of rotatable bonds is 5. The van der Waals surface area contributed by atoms with Crippen LogP contribution >= 0.6 is 11.9 Å². The second-order valence-corrected chi connectivity index (χ2v) is 7.91. The quantitative estimate of drug-likeness (QED) is 0.504. The van der Waals surface area contributed by atoms with Crippen molar-refractivity contribution in [3.05, 3.63) is 63.8 Å². The van der Waals surface area contributed by atoms with Gasteiger partial charge in [0.2, 0.25) is 0 Å². The van der Waals surface area contributed by atoms with Crippen LogP contribution in [0.25, 0.3) is 10.8 Å². The molecule has 0 bridgehead atoms. The predicted octanol–water partition coefficient (Wildman–Crippen LogP) is 2.91. The second kappa shape index (κ2) is 8.47. The molecule has 0 aliphatic carbocycles. The summed E-state index contributed by atoms with van der Waals surface area (Å²) in [5, 5.41) is 5.78. The van der Waals surface area contributed by atoms with Crippen LogP contribution in [0.4, 0.5) is 0 Å². The van der Waals surface area contributed by atoms with E-state index in [1.165, 1.54) is 0 Å². The fourth-order valence-electron chi connectivity index (χ4n) is 3.03. The first-order chi connectivity index (χ1) is 13.0. The molecule has 0 aliphatic rings. The molecule has 0 saturated heterocycles. The highest BCUT2D eigenvalue weighted by Crippen LogP contribution is 2.17. The lowest BCUT2D eigenvalue weighted by Gasteiger charge is -2.15. The highest BCUT2D eigenvalue weighted by molar-refractivity contribution is 7.96. The van der Waals surface area contributed by atoms with Crippen molar-refractivity contribution in [3.8, 4) is 11.8 Å². The minimum Gasteiger partial charge on any atom is -0.311 e. The maximum Gasteiger partial charge on any atom is 0.259 e. The highest BCUT2D eigenvalue weighted by Gasteiger charge is 2.11. The molecule has 0 radical (unpaired) electrons. The van der Waals surface area contributed by atoms with Crippen molar-refractivity contribution in [1.29, 1.82) is 0 Å². The van der Waals surface area contributed by atoms with Crippen LogP contribution in [-0.2, 0) is 20.0 Å². The number of fused-ring (bicyclic) bond motifs is 1. The van der Waals surface area contributed by atoms with Crippen LogP contribution in [0.2, 0.25) is 0 Å². The Morgan fingerprint density at radius 2 is 2.07 bits per heavy atom. The zero-order chi connectivity index (χ0) is 19.4. The standard InChI is InChI=1S/C21H24N4OS/c1-5-19-13-18-8-6-7-17(10-9-16-14-22-24(4)15-16)20(18)21(26)25(19)11-12-27-23(2)3/h6-8,13-15H,5,11-12H2,1-4H3. The molecule has 1 aromatic carbocycles. The van der Waals surface area contributed by atoms with E-state index in [9.17, 15) is 4.79 Å². The van der Waals surface area contributed by atoms with Gasteiger partial charge in [0.25, 0.3) is 5.56 Å². The van der Waals surface area contributed by atoms with Gasteiger partial charge in [0.15, 0.2) is 0 Å². The smallest absolute Gasteiger partial charge is 0.259 e. The van der Waals surface area contributed by atoms with Gasteiger partial charge in [0, 0.05) is 36.8 Å². The lowest BCUT2D eigenvalue weighted by molar-refractivity contribution is 0.669. The predicted molar refractivity (Wildman–Crippen MR) is 113 cm³/mol. The number of nitrogens with zero attached hydrogens (tertiary/aromatic N) is 4. The van der Waals surface area contributed by atoms with Gasteiger partial charge in [-0.3, -0.25) is 13.8 Å². The molecule has 0 fully saturated rings. The zero-order valence-corrected chi connectivity index (χ0v) is 17.0. The highest BCUT2D eigenvalue weighted by atomic mass is 32.2. The molecule has 2 heterocycles. The van der Waals surface area contributed by atoms with Crippen molar-refractivity contribution in [1.82, 2.24) is 18.7 Å². The number of pyridine rings is 1. The topological polar surface area (TPSA) is 43.1 Å². The number of hydrogen-bond donors (Lipinski definition) is 0. The Kier molecular flexibility index (Phi) is 6.04. The van der Waals surface area contributed by atoms with Crippen LogP contribution in [0.5, 0.6) is 0 Å². The van der Waals surface area contributed by atoms with E-state index in [2.05, 4.69) is 34.2 Å². The normalized spacial score (nSPS) is 11.0. The van der Waals surface area contributed by atoms with E-state index in [-0.39, 0.29) is 5.56 Å². The molecule has 6 heteroatoms. The Bertz CT molecular complexity index is 1070. The molecule has 3 rings (SSSR count). The van der Waals surface area contributed by atoms with E-state index in [1.807, 2.05) is 50.1 Å². The van der Waals surface area contributed by atoms with Gasteiger partial charge in [-0.25, -0.2) is 0 Å². The van der Waals surface area contributed by atoms with Gasteiger partial charge >= 0.3 is 0 Å². The van der Waals surface area contributed by atoms with Gasteiger partial charge in [-0.15, -0.1) is 0 Å². The fraction of sp³-hybridized carbons (Fsp3) is 0.333. The largest absolute Gasteiger partial charge is 0.311 e. The molecule has 5 nitrogen and oxygen atoms in total. The summed E-state index contributed by atoms with van der Waals surface area (Å²) in [7, 11) is 5.89. The van der Waals surface area contributed by atoms with Crippen LogP contribution in [0.1, 0.15) is 23.7 Å². The third-order valence-corrected chi connectivity index (χ3v) is 5.18. The Balaban J connectivity index is 2.08. The monoisotopic (exact) mass is 380 g/mol. The van der Waals surface area contributed by atoms with Crippen LogP contribution < -0.4 is 5.56 Å².